The maximum Gasteiger partial charge on any atom is 0.450 e. The number of aromatic nitrogens is 4. The highest BCUT2D eigenvalue weighted by molar-refractivity contribution is 6.04. The first-order chi connectivity index (χ1) is 16.1. The van der Waals surface area contributed by atoms with E-state index in [0.29, 0.717) is 11.8 Å². The molecule has 0 spiro atoms. The van der Waals surface area contributed by atoms with Gasteiger partial charge in [-0.15, -0.1) is 0 Å². The second-order valence-electron chi connectivity index (χ2n) is 6.76. The van der Waals surface area contributed by atoms with Gasteiger partial charge in [0, 0.05) is 12.1 Å². The Morgan fingerprint density at radius 2 is 1.91 bits per heavy atom. The van der Waals surface area contributed by atoms with E-state index in [4.69, 9.17) is 4.74 Å². The highest BCUT2D eigenvalue weighted by Crippen LogP contribution is 2.34. The van der Waals surface area contributed by atoms with Crippen LogP contribution in [-0.4, -0.2) is 37.5 Å². The normalized spacial score (nSPS) is 11.4. The number of carbonyl (C=O) groups is 1. The van der Waals surface area contributed by atoms with Gasteiger partial charge < -0.3 is 10.1 Å². The van der Waals surface area contributed by atoms with Gasteiger partial charge in [0.1, 0.15) is 11.6 Å². The van der Waals surface area contributed by atoms with Crippen molar-refractivity contribution < 1.29 is 32.0 Å². The Bertz CT molecular complexity index is 1420. The fraction of sp³-hybridized carbons (Fsp3) is 0.100. The van der Waals surface area contributed by atoms with Crippen LogP contribution in [0.4, 0.5) is 29.1 Å². The van der Waals surface area contributed by atoms with Gasteiger partial charge >= 0.3 is 6.18 Å². The number of hydrogen-bond acceptors (Lipinski definition) is 7. The van der Waals surface area contributed by atoms with Gasteiger partial charge in [-0.2, -0.15) is 13.2 Å². The smallest absolute Gasteiger partial charge is 0.450 e. The lowest BCUT2D eigenvalue weighted by molar-refractivity contribution is -0.385. The molecule has 0 saturated carbocycles. The van der Waals surface area contributed by atoms with Crippen LogP contribution in [0.5, 0.6) is 5.75 Å². The molecule has 34 heavy (non-hydrogen) atoms. The monoisotopic (exact) mass is 476 g/mol. The summed E-state index contributed by atoms with van der Waals surface area (Å²) in [4.78, 5) is 33.6. The lowest BCUT2D eigenvalue weighted by Crippen LogP contribution is -2.17. The van der Waals surface area contributed by atoms with Crippen molar-refractivity contribution >= 4 is 28.4 Å². The quantitative estimate of drug-likeness (QED) is 0.261. The highest BCUT2D eigenvalue weighted by Gasteiger charge is 2.38. The first-order valence-electron chi connectivity index (χ1n) is 9.30. The third kappa shape index (κ3) is 4.20. The van der Waals surface area contributed by atoms with E-state index in [0.717, 1.165) is 29.1 Å². The van der Waals surface area contributed by atoms with Gasteiger partial charge in [0.2, 0.25) is 5.82 Å². The van der Waals surface area contributed by atoms with Gasteiger partial charge in [-0.3, -0.25) is 19.5 Å². The first kappa shape index (κ1) is 22.6. The number of ether oxygens (including phenoxy) is 1. The van der Waals surface area contributed by atoms with E-state index in [1.54, 1.807) is 0 Å². The minimum atomic E-state index is -4.81. The number of fused-ring (bicyclic) bond motifs is 1. The second kappa shape index (κ2) is 8.38. The first-order valence-corrected chi connectivity index (χ1v) is 9.30. The molecule has 0 bridgehead atoms. The molecule has 0 fully saturated rings. The summed E-state index contributed by atoms with van der Waals surface area (Å²) in [6, 6.07) is 6.63. The SMILES string of the molecule is COc1ccc2c(c1)nc(C(F)(F)F)n2-c1cnc(NC(=O)c2ccc([N+](=O)[O-])cc2F)cn1. The molecular weight excluding hydrogens is 464 g/mol. The molecule has 10 nitrogen and oxygen atoms in total. The molecule has 4 aromatic rings. The number of imidazole rings is 1. The van der Waals surface area contributed by atoms with Crippen LogP contribution in [0.15, 0.2) is 48.8 Å². The van der Waals surface area contributed by atoms with E-state index < -0.39 is 39.9 Å². The molecule has 4 rings (SSSR count). The van der Waals surface area contributed by atoms with Crippen molar-refractivity contribution in [2.24, 2.45) is 0 Å². The van der Waals surface area contributed by atoms with Gasteiger partial charge in [0.05, 0.1) is 47.1 Å². The Labute approximate surface area is 187 Å². The Balaban J connectivity index is 1.65. The van der Waals surface area contributed by atoms with Crippen molar-refractivity contribution in [3.63, 3.8) is 0 Å². The van der Waals surface area contributed by atoms with Crippen molar-refractivity contribution in [3.8, 4) is 11.6 Å². The molecule has 2 aromatic heterocycles. The Morgan fingerprint density at radius 3 is 2.50 bits per heavy atom. The fourth-order valence-corrected chi connectivity index (χ4v) is 3.10. The minimum Gasteiger partial charge on any atom is -0.497 e. The summed E-state index contributed by atoms with van der Waals surface area (Å²) >= 11 is 0. The van der Waals surface area contributed by atoms with Crippen LogP contribution < -0.4 is 10.1 Å². The lowest BCUT2D eigenvalue weighted by Gasteiger charge is -2.11. The number of anilines is 1. The summed E-state index contributed by atoms with van der Waals surface area (Å²) in [6.45, 7) is 0. The van der Waals surface area contributed by atoms with Crippen LogP contribution in [0.2, 0.25) is 0 Å². The average Bonchev–Trinajstić information content (AvgIpc) is 3.18. The Morgan fingerprint density at radius 1 is 1.15 bits per heavy atom. The average molecular weight is 476 g/mol. The molecular formula is C20H12F4N6O4. The van der Waals surface area contributed by atoms with E-state index in [-0.39, 0.29) is 22.7 Å². The van der Waals surface area contributed by atoms with Crippen LogP contribution in [0.3, 0.4) is 0 Å². The molecule has 2 aromatic carbocycles. The van der Waals surface area contributed by atoms with Gasteiger partial charge in [-0.1, -0.05) is 0 Å². The molecule has 174 valence electrons. The molecule has 1 N–H and O–H groups in total. The highest BCUT2D eigenvalue weighted by atomic mass is 19.4. The number of methoxy groups -OCH3 is 1. The number of nitro groups is 1. The van der Waals surface area contributed by atoms with Crippen LogP contribution in [0.1, 0.15) is 16.2 Å². The van der Waals surface area contributed by atoms with Crippen molar-refractivity contribution in [2.45, 2.75) is 6.18 Å². The van der Waals surface area contributed by atoms with E-state index in [1.165, 1.54) is 25.3 Å². The molecule has 0 radical (unpaired) electrons. The predicted octanol–water partition coefficient (Wildman–Crippen LogP) is 4.14. The standard InChI is InChI=1S/C20H12F4N6O4/c1-34-11-3-5-15-14(7-11)27-19(20(22,23)24)29(15)17-9-25-16(8-26-17)28-18(31)12-4-2-10(30(32)33)6-13(12)21/h2-9H,1H3,(H,25,28,31). The van der Waals surface area contributed by atoms with Crippen molar-refractivity contribution in [1.29, 1.82) is 0 Å². The molecule has 2 heterocycles. The second-order valence-corrected chi connectivity index (χ2v) is 6.76. The van der Waals surface area contributed by atoms with Gasteiger partial charge in [0.25, 0.3) is 11.6 Å². The summed E-state index contributed by atoms with van der Waals surface area (Å²) in [6.07, 6.45) is -2.86. The van der Waals surface area contributed by atoms with Crippen molar-refractivity contribution in [2.75, 3.05) is 12.4 Å². The molecule has 0 aliphatic carbocycles. The molecule has 14 heteroatoms. The maximum absolute atomic E-state index is 14.0. The number of nitro benzene ring substituents is 1. The predicted molar refractivity (Wildman–Crippen MR) is 109 cm³/mol. The number of halogens is 4. The molecule has 0 atom stereocenters. The number of nitrogens with one attached hydrogen (secondary N) is 1. The summed E-state index contributed by atoms with van der Waals surface area (Å²) in [5.74, 6) is -3.47. The van der Waals surface area contributed by atoms with Gasteiger partial charge in [-0.25, -0.2) is 19.3 Å². The Kier molecular flexibility index (Phi) is 5.56. The summed E-state index contributed by atoms with van der Waals surface area (Å²) in [7, 11) is 1.36. The zero-order valence-electron chi connectivity index (χ0n) is 17.0. The van der Waals surface area contributed by atoms with Crippen LogP contribution in [0, 0.1) is 15.9 Å². The Hall–Kier alpha value is -4.62. The zero-order chi connectivity index (χ0) is 24.6. The molecule has 0 aliphatic heterocycles. The number of carbonyl (C=O) groups excluding carboxylic acids is 1. The number of hydrogen-bond donors (Lipinski definition) is 1. The summed E-state index contributed by atoms with van der Waals surface area (Å²) < 4.78 is 60.7. The van der Waals surface area contributed by atoms with Crippen LogP contribution in [0.25, 0.3) is 16.9 Å². The largest absolute Gasteiger partial charge is 0.497 e. The third-order valence-corrected chi connectivity index (χ3v) is 4.63. The van der Waals surface area contributed by atoms with Crippen molar-refractivity contribution in [3.05, 3.63) is 76.1 Å². The number of rotatable bonds is 5. The lowest BCUT2D eigenvalue weighted by atomic mass is 10.2. The molecule has 1 amide bonds. The maximum atomic E-state index is 14.0. The molecule has 0 aliphatic rings. The molecule has 0 saturated heterocycles. The number of nitrogens with zero attached hydrogens (tertiary/aromatic N) is 5. The van der Waals surface area contributed by atoms with Crippen LogP contribution in [-0.2, 0) is 6.18 Å². The van der Waals surface area contributed by atoms with Crippen molar-refractivity contribution in [1.82, 2.24) is 19.5 Å². The summed E-state index contributed by atoms with van der Waals surface area (Å²) in [5, 5.41) is 12.9. The van der Waals surface area contributed by atoms with E-state index in [9.17, 15) is 32.5 Å². The fourth-order valence-electron chi connectivity index (χ4n) is 3.10. The number of non-ortho nitro benzene ring substituents is 1. The zero-order valence-corrected chi connectivity index (χ0v) is 17.0. The van der Waals surface area contributed by atoms with Crippen LogP contribution >= 0.6 is 0 Å². The third-order valence-electron chi connectivity index (χ3n) is 4.63. The number of amides is 1. The van der Waals surface area contributed by atoms with Gasteiger partial charge in [-0.05, 0) is 18.2 Å². The van der Waals surface area contributed by atoms with E-state index >= 15 is 0 Å². The molecule has 0 unspecified atom stereocenters. The number of alkyl halides is 3. The number of benzene rings is 2. The minimum absolute atomic E-state index is 0.0134. The van der Waals surface area contributed by atoms with E-state index in [2.05, 4.69) is 20.3 Å². The summed E-state index contributed by atoms with van der Waals surface area (Å²) in [5.41, 5.74) is -0.930. The van der Waals surface area contributed by atoms with E-state index in [1.807, 2.05) is 0 Å². The topological polar surface area (TPSA) is 125 Å². The van der Waals surface area contributed by atoms with Gasteiger partial charge in [0.15, 0.2) is 11.6 Å².